The maximum atomic E-state index is 11.9. The number of nitrogens with one attached hydrogen (secondary N) is 1. The highest BCUT2D eigenvalue weighted by atomic mass is 35.5. The Morgan fingerprint density at radius 2 is 2.05 bits per heavy atom. The lowest BCUT2D eigenvalue weighted by Gasteiger charge is -2.18. The van der Waals surface area contributed by atoms with Crippen molar-refractivity contribution in [1.82, 2.24) is 15.1 Å². The number of aryl methyl sites for hydroxylation is 1. The molecular weight excluding hydrogens is 264 g/mol. The molecule has 3 N–H and O–H groups in total. The minimum absolute atomic E-state index is 0. The Bertz CT molecular complexity index is 417. The first-order valence-corrected chi connectivity index (χ1v) is 6.37. The van der Waals surface area contributed by atoms with Gasteiger partial charge in [-0.1, -0.05) is 13.8 Å². The van der Waals surface area contributed by atoms with Crippen molar-refractivity contribution < 1.29 is 4.79 Å². The molecule has 1 aromatic heterocycles. The third-order valence-electron chi connectivity index (χ3n) is 3.16. The van der Waals surface area contributed by atoms with E-state index in [0.29, 0.717) is 12.3 Å². The molecular formula is C13H25ClN4O. The number of carbonyl (C=O) groups is 1. The number of rotatable bonds is 5. The molecule has 0 fully saturated rings. The fourth-order valence-electron chi connectivity index (χ4n) is 1.95. The molecule has 6 heteroatoms. The van der Waals surface area contributed by atoms with Crippen LogP contribution in [0.15, 0.2) is 6.20 Å². The lowest BCUT2D eigenvalue weighted by Crippen LogP contribution is -2.42. The summed E-state index contributed by atoms with van der Waals surface area (Å²) < 4.78 is 1.80. The molecule has 2 atom stereocenters. The first kappa shape index (κ1) is 17.9. The van der Waals surface area contributed by atoms with Gasteiger partial charge in [0, 0.05) is 18.3 Å². The summed E-state index contributed by atoms with van der Waals surface area (Å²) in [5, 5.41) is 7.11. The Hall–Kier alpha value is -1.07. The standard InChI is InChI=1S/C13H24N4O.ClH/c1-8(2)6-12(14)13(18)16-9(3)11-7-15-17(5)10(11)4;/h7-9,12H,6,14H2,1-5H3,(H,16,18);1H/t9?,12-;/m0./s1. The van der Waals surface area contributed by atoms with Crippen LogP contribution in [-0.2, 0) is 11.8 Å². The number of nitrogens with two attached hydrogens (primary N) is 1. The molecule has 0 aliphatic heterocycles. The maximum absolute atomic E-state index is 11.9. The third-order valence-corrected chi connectivity index (χ3v) is 3.16. The van der Waals surface area contributed by atoms with Crippen LogP contribution in [0.3, 0.4) is 0 Å². The summed E-state index contributed by atoms with van der Waals surface area (Å²) in [5.41, 5.74) is 7.94. The first-order valence-electron chi connectivity index (χ1n) is 6.37. The fraction of sp³-hybridized carbons (Fsp3) is 0.692. The van der Waals surface area contributed by atoms with Crippen molar-refractivity contribution in [2.75, 3.05) is 0 Å². The number of aromatic nitrogens is 2. The number of amides is 1. The molecule has 5 nitrogen and oxygen atoms in total. The van der Waals surface area contributed by atoms with Crippen molar-refractivity contribution in [2.45, 2.75) is 46.2 Å². The van der Waals surface area contributed by atoms with Crippen LogP contribution in [0.2, 0.25) is 0 Å². The Morgan fingerprint density at radius 3 is 2.47 bits per heavy atom. The molecule has 1 rings (SSSR count). The van der Waals surface area contributed by atoms with Crippen molar-refractivity contribution in [3.8, 4) is 0 Å². The molecule has 1 aromatic rings. The summed E-state index contributed by atoms with van der Waals surface area (Å²) >= 11 is 0. The van der Waals surface area contributed by atoms with Crippen LogP contribution in [0, 0.1) is 12.8 Å². The van der Waals surface area contributed by atoms with E-state index < -0.39 is 6.04 Å². The van der Waals surface area contributed by atoms with E-state index in [2.05, 4.69) is 24.3 Å². The van der Waals surface area contributed by atoms with Gasteiger partial charge in [-0.25, -0.2) is 0 Å². The van der Waals surface area contributed by atoms with Crippen LogP contribution in [0.5, 0.6) is 0 Å². The molecule has 110 valence electrons. The molecule has 0 spiro atoms. The maximum Gasteiger partial charge on any atom is 0.237 e. The summed E-state index contributed by atoms with van der Waals surface area (Å²) in [5.74, 6) is 0.320. The van der Waals surface area contributed by atoms with Crippen LogP contribution < -0.4 is 11.1 Å². The Labute approximate surface area is 121 Å². The van der Waals surface area contributed by atoms with E-state index in [9.17, 15) is 4.79 Å². The van der Waals surface area contributed by atoms with E-state index in [1.165, 1.54) is 0 Å². The van der Waals surface area contributed by atoms with E-state index >= 15 is 0 Å². The highest BCUT2D eigenvalue weighted by Crippen LogP contribution is 2.16. The van der Waals surface area contributed by atoms with E-state index in [-0.39, 0.29) is 24.4 Å². The second-order valence-corrected chi connectivity index (χ2v) is 5.28. The molecule has 0 aliphatic rings. The lowest BCUT2D eigenvalue weighted by molar-refractivity contribution is -0.123. The molecule has 1 amide bonds. The monoisotopic (exact) mass is 288 g/mol. The zero-order valence-electron chi connectivity index (χ0n) is 12.3. The van der Waals surface area contributed by atoms with Gasteiger partial charge >= 0.3 is 0 Å². The minimum Gasteiger partial charge on any atom is -0.348 e. The van der Waals surface area contributed by atoms with Crippen molar-refractivity contribution >= 4 is 18.3 Å². The number of hydrogen-bond donors (Lipinski definition) is 2. The SMILES string of the molecule is Cc1c(C(C)NC(=O)[C@@H](N)CC(C)C)cnn1C.Cl. The molecule has 1 unspecified atom stereocenters. The molecule has 0 aliphatic carbocycles. The van der Waals surface area contributed by atoms with Crippen molar-refractivity contribution in [2.24, 2.45) is 18.7 Å². The highest BCUT2D eigenvalue weighted by Gasteiger charge is 2.19. The number of halogens is 1. The summed E-state index contributed by atoms with van der Waals surface area (Å²) in [7, 11) is 1.89. The van der Waals surface area contributed by atoms with Gasteiger partial charge in [-0.05, 0) is 26.2 Å². The zero-order valence-corrected chi connectivity index (χ0v) is 13.1. The molecule has 0 saturated heterocycles. The van der Waals surface area contributed by atoms with Gasteiger partial charge in [-0.2, -0.15) is 5.10 Å². The molecule has 0 radical (unpaired) electrons. The van der Waals surface area contributed by atoms with Gasteiger partial charge in [0.2, 0.25) is 5.91 Å². The average Bonchev–Trinajstić information content (AvgIpc) is 2.58. The Morgan fingerprint density at radius 1 is 1.47 bits per heavy atom. The van der Waals surface area contributed by atoms with Gasteiger partial charge in [-0.15, -0.1) is 12.4 Å². The lowest BCUT2D eigenvalue weighted by atomic mass is 10.0. The Kier molecular flexibility index (Phi) is 7.08. The Balaban J connectivity index is 0.00000324. The topological polar surface area (TPSA) is 72.9 Å². The molecule has 0 saturated carbocycles. The van der Waals surface area contributed by atoms with Crippen molar-refractivity contribution in [3.63, 3.8) is 0 Å². The van der Waals surface area contributed by atoms with Crippen molar-refractivity contribution in [1.29, 1.82) is 0 Å². The second-order valence-electron chi connectivity index (χ2n) is 5.28. The van der Waals surface area contributed by atoms with Gasteiger partial charge < -0.3 is 11.1 Å². The molecule has 1 heterocycles. The predicted molar refractivity (Wildman–Crippen MR) is 79.2 cm³/mol. The first-order chi connectivity index (χ1) is 8.32. The highest BCUT2D eigenvalue weighted by molar-refractivity contribution is 5.85. The fourth-order valence-corrected chi connectivity index (χ4v) is 1.95. The smallest absolute Gasteiger partial charge is 0.237 e. The minimum atomic E-state index is -0.440. The molecule has 19 heavy (non-hydrogen) atoms. The van der Waals surface area contributed by atoms with Crippen LogP contribution in [0.25, 0.3) is 0 Å². The largest absolute Gasteiger partial charge is 0.348 e. The van der Waals surface area contributed by atoms with E-state index in [1.54, 1.807) is 10.9 Å². The van der Waals surface area contributed by atoms with E-state index in [4.69, 9.17) is 5.73 Å². The van der Waals surface area contributed by atoms with Gasteiger partial charge in [0.15, 0.2) is 0 Å². The quantitative estimate of drug-likeness (QED) is 0.866. The summed E-state index contributed by atoms with van der Waals surface area (Å²) in [4.78, 5) is 11.9. The average molecular weight is 289 g/mol. The summed E-state index contributed by atoms with van der Waals surface area (Å²) in [6.45, 7) is 8.05. The van der Waals surface area contributed by atoms with Gasteiger partial charge in [0.1, 0.15) is 0 Å². The van der Waals surface area contributed by atoms with Gasteiger partial charge in [0.05, 0.1) is 18.3 Å². The van der Waals surface area contributed by atoms with Crippen LogP contribution >= 0.6 is 12.4 Å². The van der Waals surface area contributed by atoms with Gasteiger partial charge in [0.25, 0.3) is 0 Å². The van der Waals surface area contributed by atoms with Crippen LogP contribution in [0.4, 0.5) is 0 Å². The van der Waals surface area contributed by atoms with Crippen LogP contribution in [-0.4, -0.2) is 21.7 Å². The zero-order chi connectivity index (χ0) is 13.9. The number of hydrogen-bond acceptors (Lipinski definition) is 3. The van der Waals surface area contributed by atoms with Gasteiger partial charge in [-0.3, -0.25) is 9.48 Å². The number of carbonyl (C=O) groups excluding carboxylic acids is 1. The van der Waals surface area contributed by atoms with Crippen LogP contribution in [0.1, 0.15) is 44.5 Å². The summed E-state index contributed by atoms with van der Waals surface area (Å²) in [6.07, 6.45) is 2.48. The predicted octanol–water partition coefficient (Wildman–Crippen LogP) is 1.70. The summed E-state index contributed by atoms with van der Waals surface area (Å²) in [6, 6.07) is -0.506. The normalized spacial score (nSPS) is 13.8. The molecule has 0 bridgehead atoms. The van der Waals surface area contributed by atoms with Crippen molar-refractivity contribution in [3.05, 3.63) is 17.5 Å². The van der Waals surface area contributed by atoms with E-state index in [1.807, 2.05) is 20.9 Å². The molecule has 0 aromatic carbocycles. The number of nitrogens with zero attached hydrogens (tertiary/aromatic N) is 2. The third kappa shape index (κ3) is 4.84. The van der Waals surface area contributed by atoms with E-state index in [0.717, 1.165) is 11.3 Å². The second kappa shape index (κ2) is 7.50.